The fraction of sp³-hybridized carbons (Fsp3) is 0.385. The lowest BCUT2D eigenvalue weighted by Crippen LogP contribution is -2.33. The Morgan fingerprint density at radius 3 is 2.47 bits per heavy atom. The third-order valence-corrected chi connectivity index (χ3v) is 2.90. The van der Waals surface area contributed by atoms with E-state index in [-0.39, 0.29) is 29.6 Å². The molecule has 1 aromatic rings. The van der Waals surface area contributed by atoms with E-state index in [0.29, 0.717) is 0 Å². The topological polar surface area (TPSA) is 98.2 Å². The van der Waals surface area contributed by atoms with Crippen LogP contribution in [0.25, 0.3) is 0 Å². The van der Waals surface area contributed by atoms with E-state index in [0.717, 1.165) is 6.07 Å². The van der Waals surface area contributed by atoms with Gasteiger partial charge in [-0.2, -0.15) is 0 Å². The van der Waals surface area contributed by atoms with Gasteiger partial charge in [0.05, 0.1) is 11.6 Å². The highest BCUT2D eigenvalue weighted by atomic mass is 19.1. The number of nitrogens with two attached hydrogens (primary N) is 2. The van der Waals surface area contributed by atoms with Gasteiger partial charge in [0.25, 0.3) is 0 Å². The van der Waals surface area contributed by atoms with Gasteiger partial charge in [0.2, 0.25) is 11.8 Å². The Hall–Kier alpha value is -1.95. The summed E-state index contributed by atoms with van der Waals surface area (Å²) in [5.74, 6) is -2.07. The number of carbonyl (C=O) groups is 2. The molecule has 6 heteroatoms. The lowest BCUT2D eigenvalue weighted by Gasteiger charge is -2.18. The van der Waals surface area contributed by atoms with Crippen molar-refractivity contribution in [2.45, 2.75) is 13.8 Å². The maximum atomic E-state index is 13.6. The molecule has 0 fully saturated rings. The van der Waals surface area contributed by atoms with Crippen molar-refractivity contribution in [2.24, 2.45) is 23.3 Å². The summed E-state index contributed by atoms with van der Waals surface area (Å²) in [5, 5.41) is 2.44. The summed E-state index contributed by atoms with van der Waals surface area (Å²) >= 11 is 0. The highest BCUT2D eigenvalue weighted by Gasteiger charge is 2.21. The van der Waals surface area contributed by atoms with E-state index in [1.807, 2.05) is 13.8 Å². The van der Waals surface area contributed by atoms with E-state index < -0.39 is 17.6 Å². The quantitative estimate of drug-likeness (QED) is 0.744. The number of primary amides is 1. The molecule has 0 spiro atoms. The highest BCUT2D eigenvalue weighted by Crippen LogP contribution is 2.18. The molecule has 2 amide bonds. The van der Waals surface area contributed by atoms with Crippen molar-refractivity contribution < 1.29 is 14.0 Å². The van der Waals surface area contributed by atoms with Gasteiger partial charge in [-0.25, -0.2) is 4.39 Å². The molecule has 0 aliphatic heterocycles. The van der Waals surface area contributed by atoms with Crippen LogP contribution in [0.1, 0.15) is 24.2 Å². The van der Waals surface area contributed by atoms with Crippen molar-refractivity contribution in [3.63, 3.8) is 0 Å². The molecular formula is C13H18FN3O2. The number of carbonyl (C=O) groups excluding carboxylic acids is 2. The summed E-state index contributed by atoms with van der Waals surface area (Å²) in [6.07, 6.45) is 0. The maximum Gasteiger partial charge on any atom is 0.248 e. The summed E-state index contributed by atoms with van der Waals surface area (Å²) < 4.78 is 13.6. The van der Waals surface area contributed by atoms with Crippen LogP contribution < -0.4 is 16.8 Å². The number of benzene rings is 1. The fourth-order valence-electron chi connectivity index (χ4n) is 1.68. The monoisotopic (exact) mass is 267 g/mol. The minimum absolute atomic E-state index is 0.0346. The smallest absolute Gasteiger partial charge is 0.248 e. The second-order valence-electron chi connectivity index (χ2n) is 4.63. The van der Waals surface area contributed by atoms with Crippen LogP contribution in [0.3, 0.4) is 0 Å². The average Bonchev–Trinajstić information content (AvgIpc) is 2.31. The molecule has 0 aromatic heterocycles. The second kappa shape index (κ2) is 6.29. The molecule has 5 N–H and O–H groups in total. The molecule has 5 nitrogen and oxygen atoms in total. The minimum atomic E-state index is -0.685. The Labute approximate surface area is 111 Å². The molecule has 19 heavy (non-hydrogen) atoms. The van der Waals surface area contributed by atoms with Crippen LogP contribution >= 0.6 is 0 Å². The van der Waals surface area contributed by atoms with Gasteiger partial charge in [-0.1, -0.05) is 13.8 Å². The molecular weight excluding hydrogens is 249 g/mol. The van der Waals surface area contributed by atoms with Gasteiger partial charge in [-0.05, 0) is 24.1 Å². The molecule has 104 valence electrons. The van der Waals surface area contributed by atoms with E-state index in [4.69, 9.17) is 11.5 Å². The summed E-state index contributed by atoms with van der Waals surface area (Å²) in [6.45, 7) is 3.88. The number of amides is 2. The molecule has 1 rings (SSSR count). The molecule has 1 atom stereocenters. The van der Waals surface area contributed by atoms with Crippen LogP contribution in [0.5, 0.6) is 0 Å². The van der Waals surface area contributed by atoms with E-state index in [2.05, 4.69) is 5.32 Å². The van der Waals surface area contributed by atoms with E-state index in [1.165, 1.54) is 12.1 Å². The minimum Gasteiger partial charge on any atom is -0.366 e. The van der Waals surface area contributed by atoms with Crippen molar-refractivity contribution in [2.75, 3.05) is 11.9 Å². The highest BCUT2D eigenvalue weighted by molar-refractivity contribution is 5.97. The van der Waals surface area contributed by atoms with Crippen molar-refractivity contribution >= 4 is 17.5 Å². The number of rotatable bonds is 5. The van der Waals surface area contributed by atoms with E-state index >= 15 is 0 Å². The SMILES string of the molecule is CC(C)C(CN)C(=O)Nc1cc(C(N)=O)ccc1F. The first kappa shape index (κ1) is 15.1. The number of hydrogen-bond donors (Lipinski definition) is 3. The largest absolute Gasteiger partial charge is 0.366 e. The Kier molecular flexibility index (Phi) is 5.00. The van der Waals surface area contributed by atoms with Gasteiger partial charge < -0.3 is 16.8 Å². The van der Waals surface area contributed by atoms with Gasteiger partial charge in [0.15, 0.2) is 0 Å². The van der Waals surface area contributed by atoms with Crippen LogP contribution in [-0.4, -0.2) is 18.4 Å². The summed E-state index contributed by atoms with van der Waals surface area (Å²) in [5.41, 5.74) is 10.7. The molecule has 0 aliphatic rings. The van der Waals surface area contributed by atoms with E-state index in [1.54, 1.807) is 0 Å². The average molecular weight is 267 g/mol. The van der Waals surface area contributed by atoms with Crippen LogP contribution in [0, 0.1) is 17.7 Å². The van der Waals surface area contributed by atoms with Crippen LogP contribution in [0.4, 0.5) is 10.1 Å². The first-order chi connectivity index (χ1) is 8.86. The van der Waals surface area contributed by atoms with Crippen molar-refractivity contribution in [3.8, 4) is 0 Å². The van der Waals surface area contributed by atoms with Gasteiger partial charge >= 0.3 is 0 Å². The summed E-state index contributed by atoms with van der Waals surface area (Å²) in [6, 6.07) is 3.56. The Morgan fingerprint density at radius 2 is 2.00 bits per heavy atom. The Balaban J connectivity index is 2.95. The maximum absolute atomic E-state index is 13.6. The second-order valence-corrected chi connectivity index (χ2v) is 4.63. The third kappa shape index (κ3) is 3.75. The number of halogens is 1. The molecule has 0 heterocycles. The Morgan fingerprint density at radius 1 is 1.37 bits per heavy atom. The van der Waals surface area contributed by atoms with Crippen molar-refractivity contribution in [1.82, 2.24) is 0 Å². The zero-order chi connectivity index (χ0) is 14.6. The van der Waals surface area contributed by atoms with Crippen LogP contribution in [0.2, 0.25) is 0 Å². The van der Waals surface area contributed by atoms with Crippen LogP contribution in [0.15, 0.2) is 18.2 Å². The van der Waals surface area contributed by atoms with Gasteiger partial charge in [0, 0.05) is 12.1 Å². The van der Waals surface area contributed by atoms with Gasteiger partial charge in [0.1, 0.15) is 5.82 Å². The standard InChI is InChI=1S/C13H18FN3O2/c1-7(2)9(6-15)13(19)17-11-5-8(12(16)18)3-4-10(11)14/h3-5,7,9H,6,15H2,1-2H3,(H2,16,18)(H,17,19). The fourth-order valence-corrected chi connectivity index (χ4v) is 1.68. The first-order valence-electron chi connectivity index (χ1n) is 5.97. The lowest BCUT2D eigenvalue weighted by atomic mass is 9.95. The zero-order valence-electron chi connectivity index (χ0n) is 10.9. The Bertz CT molecular complexity index is 489. The number of anilines is 1. The third-order valence-electron chi connectivity index (χ3n) is 2.90. The van der Waals surface area contributed by atoms with Crippen LogP contribution in [-0.2, 0) is 4.79 Å². The predicted octanol–water partition coefficient (Wildman–Crippen LogP) is 1.09. The lowest BCUT2D eigenvalue weighted by molar-refractivity contribution is -0.120. The number of nitrogens with one attached hydrogen (secondary N) is 1. The molecule has 1 aromatic carbocycles. The molecule has 0 saturated carbocycles. The summed E-state index contributed by atoms with van der Waals surface area (Å²) in [4.78, 5) is 23.0. The normalized spacial score (nSPS) is 12.3. The first-order valence-corrected chi connectivity index (χ1v) is 5.97. The number of hydrogen-bond acceptors (Lipinski definition) is 3. The van der Waals surface area contributed by atoms with Crippen molar-refractivity contribution in [3.05, 3.63) is 29.6 Å². The predicted molar refractivity (Wildman–Crippen MR) is 70.9 cm³/mol. The molecule has 0 saturated heterocycles. The summed E-state index contributed by atoms with van der Waals surface area (Å²) in [7, 11) is 0. The molecule has 1 unspecified atom stereocenters. The molecule has 0 radical (unpaired) electrons. The van der Waals surface area contributed by atoms with E-state index in [9.17, 15) is 14.0 Å². The van der Waals surface area contributed by atoms with Gasteiger partial charge in [-0.15, -0.1) is 0 Å². The zero-order valence-corrected chi connectivity index (χ0v) is 10.9. The van der Waals surface area contributed by atoms with Crippen molar-refractivity contribution in [1.29, 1.82) is 0 Å². The van der Waals surface area contributed by atoms with Gasteiger partial charge in [-0.3, -0.25) is 9.59 Å². The molecule has 0 aliphatic carbocycles. The molecule has 0 bridgehead atoms.